The molecule has 0 radical (unpaired) electrons. The van der Waals surface area contributed by atoms with E-state index < -0.39 is 49.0 Å². The monoisotopic (exact) mass is 258 g/mol. The minimum atomic E-state index is -1.68. The van der Waals surface area contributed by atoms with Crippen molar-refractivity contribution >= 4 is 28.4 Å². The van der Waals surface area contributed by atoms with E-state index in [1.807, 2.05) is 0 Å². The molecule has 0 aliphatic carbocycles. The predicted molar refractivity (Wildman–Crippen MR) is 54.7 cm³/mol. The number of anilines is 2. The lowest BCUT2D eigenvalue weighted by Gasteiger charge is -2.11. The first-order valence-corrected chi connectivity index (χ1v) is 4.05. The highest BCUT2D eigenvalue weighted by Gasteiger charge is 2.35. The third kappa shape index (κ3) is 1.66. The van der Waals surface area contributed by atoms with E-state index >= 15 is 0 Å². The number of nitro groups is 3. The molecular weight excluding hydrogens is 254 g/mol. The number of nitrogens with two attached hydrogens (primary N) is 2. The molecule has 0 amide bonds. The molecule has 0 aliphatic rings. The summed E-state index contributed by atoms with van der Waals surface area (Å²) in [5, 5.41) is 43.1. The summed E-state index contributed by atoms with van der Waals surface area (Å²) in [4.78, 5) is 27.8. The van der Waals surface area contributed by atoms with Gasteiger partial charge in [0.1, 0.15) is 0 Å². The molecule has 4 N–H and O–H groups in total. The molecule has 1 aromatic rings. The van der Waals surface area contributed by atoms with Crippen LogP contribution < -0.4 is 16.6 Å². The van der Waals surface area contributed by atoms with Gasteiger partial charge in [0.15, 0.2) is 11.4 Å². The first-order valence-electron chi connectivity index (χ1n) is 4.05. The Morgan fingerprint density at radius 3 is 1.22 bits per heavy atom. The van der Waals surface area contributed by atoms with Crippen LogP contribution in [0.2, 0.25) is 0 Å². The molecule has 1 rings (SSSR count). The third-order valence-corrected chi connectivity index (χ3v) is 2.00. The molecule has 12 nitrogen and oxygen atoms in total. The van der Waals surface area contributed by atoms with E-state index in [1.165, 1.54) is 0 Å². The summed E-state index contributed by atoms with van der Waals surface area (Å²) in [6.07, 6.45) is 0. The van der Waals surface area contributed by atoms with Gasteiger partial charge in [-0.05, 0) is 0 Å². The summed E-state index contributed by atoms with van der Waals surface area (Å²) >= 11 is 0. The summed E-state index contributed by atoms with van der Waals surface area (Å²) < 4.78 is 0. The molecule has 0 saturated carbocycles. The van der Waals surface area contributed by atoms with Crippen LogP contribution >= 0.6 is 0 Å². The Hall–Kier alpha value is -3.18. The van der Waals surface area contributed by atoms with Gasteiger partial charge in [0.25, 0.3) is 11.4 Å². The molecule has 0 spiro atoms. The smallest absolute Gasteiger partial charge is 0.328 e. The Morgan fingerprint density at radius 1 is 0.722 bits per heavy atom. The summed E-state index contributed by atoms with van der Waals surface area (Å²) in [5.41, 5.74) is 3.80. The topological polar surface area (TPSA) is 205 Å². The number of nitrogens with zero attached hydrogens (tertiary/aromatic N) is 3. The van der Waals surface area contributed by atoms with Crippen LogP contribution in [0.5, 0.6) is 5.75 Å². The van der Waals surface area contributed by atoms with Gasteiger partial charge in [-0.1, -0.05) is 0 Å². The largest absolute Gasteiger partial charge is 0.863 e. The Morgan fingerprint density at radius 2 is 1.00 bits per heavy atom. The van der Waals surface area contributed by atoms with Crippen LogP contribution in [-0.2, 0) is 0 Å². The average molecular weight is 258 g/mol. The van der Waals surface area contributed by atoms with E-state index in [0.717, 1.165) is 0 Å². The summed E-state index contributed by atoms with van der Waals surface area (Å²) in [5.74, 6) is -1.68. The zero-order valence-corrected chi connectivity index (χ0v) is 8.35. The van der Waals surface area contributed by atoms with E-state index in [9.17, 15) is 35.4 Å². The van der Waals surface area contributed by atoms with Gasteiger partial charge < -0.3 is 16.6 Å². The number of hydrogen-bond acceptors (Lipinski definition) is 9. The summed E-state index contributed by atoms with van der Waals surface area (Å²) in [7, 11) is 0. The molecule has 0 aliphatic heterocycles. The van der Waals surface area contributed by atoms with Crippen LogP contribution in [0.25, 0.3) is 0 Å². The second kappa shape index (κ2) is 4.00. The van der Waals surface area contributed by atoms with Crippen molar-refractivity contribution in [1.29, 1.82) is 0 Å². The van der Waals surface area contributed by atoms with Crippen LogP contribution in [0.4, 0.5) is 28.4 Å². The Kier molecular flexibility index (Phi) is 2.87. The van der Waals surface area contributed by atoms with Crippen LogP contribution in [0.3, 0.4) is 0 Å². The summed E-state index contributed by atoms with van der Waals surface area (Å²) in [6.45, 7) is 0. The van der Waals surface area contributed by atoms with Crippen molar-refractivity contribution in [3.05, 3.63) is 30.3 Å². The van der Waals surface area contributed by atoms with Gasteiger partial charge in [-0.2, -0.15) is 0 Å². The van der Waals surface area contributed by atoms with E-state index in [2.05, 4.69) is 0 Å². The lowest BCUT2D eigenvalue weighted by molar-refractivity contribution is -0.418. The second-order valence-electron chi connectivity index (χ2n) is 2.97. The van der Waals surface area contributed by atoms with E-state index in [0.29, 0.717) is 0 Å². The summed E-state index contributed by atoms with van der Waals surface area (Å²) in [6, 6.07) is 0. The molecular formula is C6H4N5O7-. The number of rotatable bonds is 3. The predicted octanol–water partition coefficient (Wildman–Crippen LogP) is -0.351. The molecule has 0 bridgehead atoms. The molecule has 0 saturated heterocycles. The minimum absolute atomic E-state index is 1.11. The average Bonchev–Trinajstić information content (AvgIpc) is 2.14. The van der Waals surface area contributed by atoms with Crippen molar-refractivity contribution < 1.29 is 19.9 Å². The highest BCUT2D eigenvalue weighted by Crippen LogP contribution is 2.49. The van der Waals surface area contributed by atoms with Gasteiger partial charge in [0, 0.05) is 0 Å². The van der Waals surface area contributed by atoms with Crippen molar-refractivity contribution in [3.8, 4) is 5.75 Å². The van der Waals surface area contributed by atoms with Crippen LogP contribution in [-0.4, -0.2) is 14.8 Å². The standard InChI is InChI=1S/C6H5N5O7/c7-1-3(9(13)14)2(8)5(11(17)18)6(12)4(1)10(15)16/h12H,7-8H2/p-1. The Bertz CT molecular complexity index is 480. The van der Waals surface area contributed by atoms with E-state index in [1.54, 1.807) is 0 Å². The maximum absolute atomic E-state index is 11.4. The zero-order chi connectivity index (χ0) is 14.2. The van der Waals surface area contributed by atoms with Gasteiger partial charge >= 0.3 is 5.69 Å². The lowest BCUT2D eigenvalue weighted by Crippen LogP contribution is -2.11. The van der Waals surface area contributed by atoms with Crippen molar-refractivity contribution in [1.82, 2.24) is 0 Å². The second-order valence-corrected chi connectivity index (χ2v) is 2.97. The molecule has 0 aromatic heterocycles. The molecule has 96 valence electrons. The number of nitro benzene ring substituents is 3. The highest BCUT2D eigenvalue weighted by molar-refractivity contribution is 5.92. The molecule has 1 aromatic carbocycles. The fraction of sp³-hybridized carbons (Fsp3) is 0. The van der Waals surface area contributed by atoms with Gasteiger partial charge in [-0.3, -0.25) is 30.3 Å². The number of nitrogen functional groups attached to an aromatic ring is 2. The SMILES string of the molecule is Nc1c([N+](=O)[O-])c(N)c([N+](=O)[O-])c([O-])c1[N+](=O)[O-]. The highest BCUT2D eigenvalue weighted by atomic mass is 16.6. The normalized spacial score (nSPS) is 10.0. The van der Waals surface area contributed by atoms with Gasteiger partial charge in [-0.25, -0.2) is 0 Å². The molecule has 0 unspecified atom stereocenters. The quantitative estimate of drug-likeness (QED) is 0.411. The first kappa shape index (κ1) is 12.9. The fourth-order valence-electron chi connectivity index (χ4n) is 1.29. The lowest BCUT2D eigenvalue weighted by atomic mass is 10.1. The maximum atomic E-state index is 11.4. The Balaban J connectivity index is 3.94. The first-order chi connectivity index (χ1) is 8.20. The van der Waals surface area contributed by atoms with Crippen molar-refractivity contribution in [2.75, 3.05) is 11.5 Å². The van der Waals surface area contributed by atoms with Crippen molar-refractivity contribution in [2.45, 2.75) is 0 Å². The third-order valence-electron chi connectivity index (χ3n) is 2.00. The maximum Gasteiger partial charge on any atom is 0.328 e. The van der Waals surface area contributed by atoms with Crippen molar-refractivity contribution in [2.24, 2.45) is 0 Å². The Labute approximate surface area is 96.9 Å². The van der Waals surface area contributed by atoms with E-state index in [-0.39, 0.29) is 0 Å². The number of benzene rings is 1. The fourth-order valence-corrected chi connectivity index (χ4v) is 1.29. The molecule has 18 heavy (non-hydrogen) atoms. The molecule has 0 heterocycles. The van der Waals surface area contributed by atoms with Crippen molar-refractivity contribution in [3.63, 3.8) is 0 Å². The van der Waals surface area contributed by atoms with Gasteiger partial charge in [-0.15, -0.1) is 0 Å². The molecule has 0 atom stereocenters. The van der Waals surface area contributed by atoms with Gasteiger partial charge in [0.05, 0.1) is 20.5 Å². The van der Waals surface area contributed by atoms with Crippen LogP contribution in [0, 0.1) is 30.3 Å². The van der Waals surface area contributed by atoms with Crippen LogP contribution in [0.1, 0.15) is 0 Å². The zero-order valence-electron chi connectivity index (χ0n) is 8.35. The van der Waals surface area contributed by atoms with Crippen LogP contribution in [0.15, 0.2) is 0 Å². The minimum Gasteiger partial charge on any atom is -0.863 e. The van der Waals surface area contributed by atoms with Gasteiger partial charge in [0.2, 0.25) is 0 Å². The van der Waals surface area contributed by atoms with E-state index in [4.69, 9.17) is 11.5 Å². The molecule has 12 heteroatoms. The number of hydrogen-bond donors (Lipinski definition) is 2. The molecule has 0 fully saturated rings.